The molecule has 2 aromatic rings. The summed E-state index contributed by atoms with van der Waals surface area (Å²) < 4.78 is 19.6. The summed E-state index contributed by atoms with van der Waals surface area (Å²) in [5, 5.41) is 3.13. The van der Waals surface area contributed by atoms with Gasteiger partial charge in [-0.05, 0) is 24.7 Å². The molecule has 0 saturated heterocycles. The van der Waals surface area contributed by atoms with Crippen LogP contribution in [0.5, 0.6) is 0 Å². The topological polar surface area (TPSA) is 38.1 Å². The molecule has 0 unspecified atom stereocenters. The zero-order chi connectivity index (χ0) is 12.3. The molecule has 0 saturated carbocycles. The molecule has 0 amide bonds. The number of hydrogen-bond acceptors (Lipinski definition) is 3. The van der Waals surface area contributed by atoms with Crippen LogP contribution < -0.4 is 5.32 Å². The minimum Gasteiger partial charge on any atom is -0.444 e. The van der Waals surface area contributed by atoms with Gasteiger partial charge in [0, 0.05) is 11.0 Å². The number of oxazole rings is 1. The highest BCUT2D eigenvalue weighted by molar-refractivity contribution is 9.10. The summed E-state index contributed by atoms with van der Waals surface area (Å²) in [6.45, 7) is 3.49. The zero-order valence-electron chi connectivity index (χ0n) is 9.34. The van der Waals surface area contributed by atoms with Crippen molar-refractivity contribution in [3.63, 3.8) is 0 Å². The van der Waals surface area contributed by atoms with Crippen LogP contribution in [0.2, 0.25) is 0 Å². The van der Waals surface area contributed by atoms with E-state index in [0.717, 1.165) is 12.2 Å². The Kier molecular flexibility index (Phi) is 3.91. The maximum Gasteiger partial charge on any atom is 0.229 e. The van der Waals surface area contributed by atoms with Crippen LogP contribution in [0.4, 0.5) is 4.39 Å². The van der Waals surface area contributed by atoms with Gasteiger partial charge in [0.05, 0.1) is 11.3 Å². The third-order valence-corrected chi connectivity index (χ3v) is 2.76. The minimum atomic E-state index is -0.351. The highest BCUT2D eigenvalue weighted by atomic mass is 79.9. The number of aromatic nitrogens is 1. The van der Waals surface area contributed by atoms with Crippen molar-refractivity contribution in [2.45, 2.75) is 13.5 Å². The fourth-order valence-electron chi connectivity index (χ4n) is 1.43. The molecule has 90 valence electrons. The van der Waals surface area contributed by atoms with Gasteiger partial charge in [0.25, 0.3) is 0 Å². The van der Waals surface area contributed by atoms with E-state index < -0.39 is 0 Å². The SMILES string of the molecule is CCNCc1coc(-c2ccc(Br)cc2F)n1. The van der Waals surface area contributed by atoms with Crippen molar-refractivity contribution in [1.29, 1.82) is 0 Å². The average Bonchev–Trinajstić information content (AvgIpc) is 2.75. The van der Waals surface area contributed by atoms with Crippen molar-refractivity contribution < 1.29 is 8.81 Å². The van der Waals surface area contributed by atoms with Crippen molar-refractivity contribution in [3.8, 4) is 11.5 Å². The standard InChI is InChI=1S/C12H12BrFN2O/c1-2-15-6-9-7-17-12(16-9)10-4-3-8(13)5-11(10)14/h3-5,7,15H,2,6H2,1H3. The summed E-state index contributed by atoms with van der Waals surface area (Å²) in [4.78, 5) is 4.22. The molecule has 0 aliphatic heterocycles. The van der Waals surface area contributed by atoms with Crippen molar-refractivity contribution in [2.75, 3.05) is 6.54 Å². The van der Waals surface area contributed by atoms with Gasteiger partial charge in [-0.1, -0.05) is 22.9 Å². The van der Waals surface area contributed by atoms with Gasteiger partial charge in [0.15, 0.2) is 0 Å². The molecular formula is C12H12BrFN2O. The van der Waals surface area contributed by atoms with Crippen LogP contribution in [0, 0.1) is 5.82 Å². The lowest BCUT2D eigenvalue weighted by Gasteiger charge is -1.98. The quantitative estimate of drug-likeness (QED) is 0.941. The van der Waals surface area contributed by atoms with Crippen molar-refractivity contribution in [3.05, 3.63) is 40.4 Å². The molecule has 1 heterocycles. The van der Waals surface area contributed by atoms with Gasteiger partial charge >= 0.3 is 0 Å². The third kappa shape index (κ3) is 2.92. The number of nitrogens with zero attached hydrogens (tertiary/aromatic N) is 1. The van der Waals surface area contributed by atoms with Crippen LogP contribution in [0.15, 0.2) is 33.4 Å². The normalized spacial score (nSPS) is 10.8. The van der Waals surface area contributed by atoms with E-state index in [1.165, 1.54) is 6.07 Å². The summed E-state index contributed by atoms with van der Waals surface area (Å²) >= 11 is 3.21. The molecule has 3 nitrogen and oxygen atoms in total. The van der Waals surface area contributed by atoms with E-state index in [1.54, 1.807) is 18.4 Å². The van der Waals surface area contributed by atoms with Gasteiger partial charge in [0.2, 0.25) is 5.89 Å². The smallest absolute Gasteiger partial charge is 0.229 e. The van der Waals surface area contributed by atoms with Gasteiger partial charge in [-0.2, -0.15) is 0 Å². The largest absolute Gasteiger partial charge is 0.444 e. The van der Waals surface area contributed by atoms with E-state index in [1.807, 2.05) is 6.92 Å². The minimum absolute atomic E-state index is 0.308. The Morgan fingerprint density at radius 1 is 1.47 bits per heavy atom. The lowest BCUT2D eigenvalue weighted by molar-refractivity contribution is 0.559. The van der Waals surface area contributed by atoms with Crippen molar-refractivity contribution >= 4 is 15.9 Å². The monoisotopic (exact) mass is 298 g/mol. The number of nitrogens with one attached hydrogen (secondary N) is 1. The van der Waals surface area contributed by atoms with Crippen molar-refractivity contribution in [2.24, 2.45) is 0 Å². The highest BCUT2D eigenvalue weighted by Crippen LogP contribution is 2.24. The average molecular weight is 299 g/mol. The van der Waals surface area contributed by atoms with Gasteiger partial charge in [-0.25, -0.2) is 9.37 Å². The Hall–Kier alpha value is -1.20. The van der Waals surface area contributed by atoms with Gasteiger partial charge in [0.1, 0.15) is 12.1 Å². The Morgan fingerprint density at radius 3 is 3.00 bits per heavy atom. The second-order valence-corrected chi connectivity index (χ2v) is 4.46. The van der Waals surface area contributed by atoms with Crippen LogP contribution in [-0.4, -0.2) is 11.5 Å². The lowest BCUT2D eigenvalue weighted by Crippen LogP contribution is -2.11. The highest BCUT2D eigenvalue weighted by Gasteiger charge is 2.11. The number of halogens is 2. The summed E-state index contributed by atoms with van der Waals surface area (Å²) in [6, 6.07) is 4.79. The molecule has 0 radical (unpaired) electrons. The maximum absolute atomic E-state index is 13.7. The second kappa shape index (κ2) is 5.42. The molecule has 0 aliphatic rings. The summed E-state index contributed by atoms with van der Waals surface area (Å²) in [5.41, 5.74) is 1.14. The molecule has 0 bridgehead atoms. The first-order valence-corrected chi connectivity index (χ1v) is 6.10. The van der Waals surface area contributed by atoms with Gasteiger partial charge in [-0.15, -0.1) is 0 Å². The maximum atomic E-state index is 13.7. The van der Waals surface area contributed by atoms with Gasteiger partial charge in [-0.3, -0.25) is 0 Å². The Morgan fingerprint density at radius 2 is 2.29 bits per heavy atom. The second-order valence-electron chi connectivity index (χ2n) is 3.55. The predicted molar refractivity (Wildman–Crippen MR) is 67.0 cm³/mol. The number of hydrogen-bond donors (Lipinski definition) is 1. The molecule has 1 aromatic carbocycles. The molecular weight excluding hydrogens is 287 g/mol. The van der Waals surface area contributed by atoms with E-state index in [9.17, 15) is 4.39 Å². The third-order valence-electron chi connectivity index (χ3n) is 2.27. The van der Waals surface area contributed by atoms with E-state index in [-0.39, 0.29) is 5.82 Å². The molecule has 0 aliphatic carbocycles. The molecule has 1 N–H and O–H groups in total. The molecule has 17 heavy (non-hydrogen) atoms. The number of benzene rings is 1. The summed E-state index contributed by atoms with van der Waals surface area (Å²) in [6.07, 6.45) is 1.54. The Bertz CT molecular complexity index is 513. The Balaban J connectivity index is 2.24. The molecule has 5 heteroatoms. The lowest BCUT2D eigenvalue weighted by atomic mass is 10.2. The molecule has 0 atom stereocenters. The summed E-state index contributed by atoms with van der Waals surface area (Å²) in [5.74, 6) is -0.0425. The van der Waals surface area contributed by atoms with Crippen LogP contribution in [-0.2, 0) is 6.54 Å². The molecule has 1 aromatic heterocycles. The molecule has 0 fully saturated rings. The first kappa shape index (κ1) is 12.3. The number of rotatable bonds is 4. The van der Waals surface area contributed by atoms with E-state index in [0.29, 0.717) is 22.5 Å². The van der Waals surface area contributed by atoms with Gasteiger partial charge < -0.3 is 9.73 Å². The first-order valence-electron chi connectivity index (χ1n) is 5.31. The Labute approximate surface area is 107 Å². The van der Waals surface area contributed by atoms with Crippen molar-refractivity contribution in [1.82, 2.24) is 10.3 Å². The zero-order valence-corrected chi connectivity index (χ0v) is 10.9. The first-order chi connectivity index (χ1) is 8.20. The summed E-state index contributed by atoms with van der Waals surface area (Å²) in [7, 11) is 0. The molecule has 2 rings (SSSR count). The van der Waals surface area contributed by atoms with Crippen LogP contribution in [0.3, 0.4) is 0 Å². The van der Waals surface area contributed by atoms with E-state index >= 15 is 0 Å². The van der Waals surface area contributed by atoms with E-state index in [2.05, 4.69) is 26.2 Å². The van der Waals surface area contributed by atoms with Crippen LogP contribution >= 0.6 is 15.9 Å². The fraction of sp³-hybridized carbons (Fsp3) is 0.250. The van der Waals surface area contributed by atoms with Crippen LogP contribution in [0.1, 0.15) is 12.6 Å². The predicted octanol–water partition coefficient (Wildman–Crippen LogP) is 3.35. The van der Waals surface area contributed by atoms with E-state index in [4.69, 9.17) is 4.42 Å². The van der Waals surface area contributed by atoms with Crippen LogP contribution in [0.25, 0.3) is 11.5 Å². The molecule has 0 spiro atoms. The fourth-order valence-corrected chi connectivity index (χ4v) is 1.76.